The van der Waals surface area contributed by atoms with E-state index in [4.69, 9.17) is 9.97 Å². The predicted molar refractivity (Wildman–Crippen MR) is 185 cm³/mol. The molecular weight excluding hydrogens is 532 g/mol. The first-order valence-corrected chi connectivity index (χ1v) is 15.2. The van der Waals surface area contributed by atoms with Crippen LogP contribution in [0.15, 0.2) is 133 Å². The van der Waals surface area contributed by atoms with Crippen molar-refractivity contribution in [3.8, 4) is 55.6 Å². The van der Waals surface area contributed by atoms with Crippen LogP contribution in [0.4, 0.5) is 0 Å². The maximum absolute atomic E-state index is 5.04. The number of fused-ring (bicyclic) bond motifs is 5. The molecule has 2 nitrogen and oxygen atoms in total. The van der Waals surface area contributed by atoms with E-state index in [0.29, 0.717) is 0 Å². The zero-order valence-corrected chi connectivity index (χ0v) is 24.6. The SMILES string of the molecule is Cc1nc2cccc(-c3ccc4c5c(cccc35)-c3c-4c(-c4ccccc4)c4ccccc4c3-c3ccccc3)c2nc1C. The Morgan fingerprint density at radius 3 is 1.52 bits per heavy atom. The Kier molecular flexibility index (Phi) is 5.36. The summed E-state index contributed by atoms with van der Waals surface area (Å²) >= 11 is 0. The van der Waals surface area contributed by atoms with Crippen LogP contribution in [-0.2, 0) is 0 Å². The molecule has 0 spiro atoms. The minimum atomic E-state index is 0.932. The molecule has 7 aromatic carbocycles. The number of aryl methyl sites for hydroxylation is 2. The molecule has 1 aliphatic carbocycles. The molecule has 1 aliphatic rings. The van der Waals surface area contributed by atoms with Gasteiger partial charge < -0.3 is 0 Å². The van der Waals surface area contributed by atoms with Crippen LogP contribution in [0.5, 0.6) is 0 Å². The minimum absolute atomic E-state index is 0.932. The van der Waals surface area contributed by atoms with E-state index < -0.39 is 0 Å². The van der Waals surface area contributed by atoms with Crippen molar-refractivity contribution in [2.24, 2.45) is 0 Å². The fourth-order valence-corrected chi connectivity index (χ4v) is 7.31. The maximum atomic E-state index is 5.04. The van der Waals surface area contributed by atoms with Crippen molar-refractivity contribution in [3.05, 3.63) is 145 Å². The second kappa shape index (κ2) is 9.45. The Bertz CT molecular complexity index is 2350. The first-order valence-electron chi connectivity index (χ1n) is 15.2. The largest absolute Gasteiger partial charge is 0.250 e. The van der Waals surface area contributed by atoms with E-state index in [1.807, 2.05) is 13.8 Å². The second-order valence-corrected chi connectivity index (χ2v) is 11.7. The average molecular weight is 561 g/mol. The van der Waals surface area contributed by atoms with Gasteiger partial charge in [0.25, 0.3) is 0 Å². The summed E-state index contributed by atoms with van der Waals surface area (Å²) in [7, 11) is 0. The third-order valence-corrected chi connectivity index (χ3v) is 9.32. The number of hydrogen-bond donors (Lipinski definition) is 0. The Balaban J connectivity index is 1.45. The standard InChI is InChI=1S/C42H28N2/c1-25-26(2)44-42-33(20-12-22-36(42)43-25)29-23-24-35-39-30(29)19-11-21-34(39)40-37(27-13-5-3-6-14-27)31-17-9-10-18-32(31)38(41(35)40)28-15-7-4-8-16-28/h3-24H,1-2H3. The highest BCUT2D eigenvalue weighted by Gasteiger charge is 2.31. The highest BCUT2D eigenvalue weighted by atomic mass is 14.8. The van der Waals surface area contributed by atoms with Gasteiger partial charge in [0.05, 0.1) is 22.4 Å². The van der Waals surface area contributed by atoms with Crippen molar-refractivity contribution < 1.29 is 0 Å². The van der Waals surface area contributed by atoms with Crippen molar-refractivity contribution in [1.29, 1.82) is 0 Å². The number of para-hydroxylation sites is 1. The van der Waals surface area contributed by atoms with E-state index in [9.17, 15) is 0 Å². The average Bonchev–Trinajstić information content (AvgIpc) is 3.40. The Labute approximate surface area is 256 Å². The molecule has 1 heterocycles. The molecule has 0 amide bonds. The first kappa shape index (κ1) is 24.9. The monoisotopic (exact) mass is 560 g/mol. The molecule has 44 heavy (non-hydrogen) atoms. The molecule has 9 rings (SSSR count). The summed E-state index contributed by atoms with van der Waals surface area (Å²) in [6.07, 6.45) is 0. The molecule has 206 valence electrons. The molecule has 0 atom stereocenters. The molecule has 0 saturated heterocycles. The summed E-state index contributed by atoms with van der Waals surface area (Å²) in [5.41, 5.74) is 16.4. The maximum Gasteiger partial charge on any atom is 0.0968 e. The van der Waals surface area contributed by atoms with Gasteiger partial charge in [-0.1, -0.05) is 127 Å². The van der Waals surface area contributed by atoms with Gasteiger partial charge in [0.1, 0.15) is 0 Å². The molecule has 2 heteroatoms. The minimum Gasteiger partial charge on any atom is -0.250 e. The fraction of sp³-hybridized carbons (Fsp3) is 0.0476. The van der Waals surface area contributed by atoms with Crippen LogP contribution < -0.4 is 0 Å². The van der Waals surface area contributed by atoms with Gasteiger partial charge in [0.15, 0.2) is 0 Å². The lowest BCUT2D eigenvalue weighted by Crippen LogP contribution is -1.95. The van der Waals surface area contributed by atoms with Crippen LogP contribution >= 0.6 is 0 Å². The Morgan fingerprint density at radius 1 is 0.364 bits per heavy atom. The van der Waals surface area contributed by atoms with Crippen molar-refractivity contribution >= 4 is 32.6 Å². The summed E-state index contributed by atoms with van der Waals surface area (Å²) in [4.78, 5) is 9.92. The van der Waals surface area contributed by atoms with Crippen molar-refractivity contribution in [1.82, 2.24) is 9.97 Å². The molecule has 0 bridgehead atoms. The van der Waals surface area contributed by atoms with Gasteiger partial charge in [-0.3, -0.25) is 0 Å². The predicted octanol–water partition coefficient (Wildman–Crippen LogP) is 11.2. The highest BCUT2D eigenvalue weighted by molar-refractivity contribution is 6.29. The Morgan fingerprint density at radius 2 is 0.864 bits per heavy atom. The molecule has 0 saturated carbocycles. The van der Waals surface area contributed by atoms with Crippen LogP contribution in [-0.4, -0.2) is 9.97 Å². The number of hydrogen-bond acceptors (Lipinski definition) is 2. The fourth-order valence-electron chi connectivity index (χ4n) is 7.31. The van der Waals surface area contributed by atoms with Crippen molar-refractivity contribution in [3.63, 3.8) is 0 Å². The summed E-state index contributed by atoms with van der Waals surface area (Å²) in [6.45, 7) is 4.08. The van der Waals surface area contributed by atoms with Crippen LogP contribution in [0.2, 0.25) is 0 Å². The summed E-state index contributed by atoms with van der Waals surface area (Å²) in [5.74, 6) is 0. The molecular formula is C42H28N2. The van der Waals surface area contributed by atoms with Gasteiger partial charge in [-0.2, -0.15) is 0 Å². The number of benzene rings is 7. The first-order chi connectivity index (χ1) is 21.7. The van der Waals surface area contributed by atoms with Crippen LogP contribution in [0.25, 0.3) is 88.2 Å². The van der Waals surface area contributed by atoms with Crippen molar-refractivity contribution in [2.75, 3.05) is 0 Å². The van der Waals surface area contributed by atoms with Crippen molar-refractivity contribution in [2.45, 2.75) is 13.8 Å². The second-order valence-electron chi connectivity index (χ2n) is 11.7. The lowest BCUT2D eigenvalue weighted by atomic mass is 9.82. The lowest BCUT2D eigenvalue weighted by molar-refractivity contribution is 1.10. The van der Waals surface area contributed by atoms with Gasteiger partial charge in [0, 0.05) is 5.56 Å². The zero-order chi connectivity index (χ0) is 29.4. The third-order valence-electron chi connectivity index (χ3n) is 9.32. The van der Waals surface area contributed by atoms with E-state index in [0.717, 1.165) is 28.0 Å². The van der Waals surface area contributed by atoms with E-state index in [1.165, 1.54) is 71.6 Å². The van der Waals surface area contributed by atoms with Gasteiger partial charge in [-0.05, 0) is 91.5 Å². The van der Waals surface area contributed by atoms with Crippen LogP contribution in [0.1, 0.15) is 11.4 Å². The molecule has 0 radical (unpaired) electrons. The molecule has 0 unspecified atom stereocenters. The molecule has 8 aromatic rings. The Hall–Kier alpha value is -5.60. The van der Waals surface area contributed by atoms with E-state index in [-0.39, 0.29) is 0 Å². The van der Waals surface area contributed by atoms with Gasteiger partial charge in [-0.15, -0.1) is 0 Å². The summed E-state index contributed by atoms with van der Waals surface area (Å²) in [5, 5.41) is 5.09. The lowest BCUT2D eigenvalue weighted by Gasteiger charge is -2.20. The summed E-state index contributed by atoms with van der Waals surface area (Å²) in [6, 6.07) is 48.5. The van der Waals surface area contributed by atoms with Crippen LogP contribution in [0.3, 0.4) is 0 Å². The number of rotatable bonds is 3. The highest BCUT2D eigenvalue weighted by Crippen LogP contribution is 2.58. The van der Waals surface area contributed by atoms with E-state index >= 15 is 0 Å². The number of aromatic nitrogens is 2. The van der Waals surface area contributed by atoms with E-state index in [2.05, 4.69) is 133 Å². The third kappa shape index (κ3) is 3.49. The van der Waals surface area contributed by atoms with Gasteiger partial charge in [0.2, 0.25) is 0 Å². The zero-order valence-electron chi connectivity index (χ0n) is 24.6. The van der Waals surface area contributed by atoms with Crippen LogP contribution in [0, 0.1) is 13.8 Å². The van der Waals surface area contributed by atoms with Gasteiger partial charge >= 0.3 is 0 Å². The number of nitrogens with zero attached hydrogens (tertiary/aromatic N) is 2. The quantitative estimate of drug-likeness (QED) is 0.215. The topological polar surface area (TPSA) is 25.8 Å². The smallest absolute Gasteiger partial charge is 0.0968 e. The molecule has 0 N–H and O–H groups in total. The van der Waals surface area contributed by atoms with E-state index in [1.54, 1.807) is 0 Å². The summed E-state index contributed by atoms with van der Waals surface area (Å²) < 4.78 is 0. The molecule has 0 fully saturated rings. The normalized spacial score (nSPS) is 11.9. The van der Waals surface area contributed by atoms with Gasteiger partial charge in [-0.25, -0.2) is 9.97 Å². The molecule has 0 aliphatic heterocycles. The molecule has 1 aromatic heterocycles.